The minimum Gasteiger partial charge on any atom is -0.393 e. The summed E-state index contributed by atoms with van der Waals surface area (Å²) in [6, 6.07) is 0. The first kappa shape index (κ1) is 17.7. The number of carbonyl (C=O) groups is 1. The van der Waals surface area contributed by atoms with Crippen LogP contribution in [0.15, 0.2) is 0 Å². The number of carbonyl (C=O) groups excluding carboxylic acids is 1. The van der Waals surface area contributed by atoms with Crippen LogP contribution in [0.1, 0.15) is 45.4 Å². The summed E-state index contributed by atoms with van der Waals surface area (Å²) < 4.78 is 0. The summed E-state index contributed by atoms with van der Waals surface area (Å²) in [7, 11) is 0. The predicted octanol–water partition coefficient (Wildman–Crippen LogP) is 1.81. The molecule has 0 aromatic carbocycles. The highest BCUT2D eigenvalue weighted by molar-refractivity contribution is 5.85. The van der Waals surface area contributed by atoms with Crippen LogP contribution in [0, 0.1) is 11.8 Å². The number of rotatable bonds is 4. The van der Waals surface area contributed by atoms with Crippen molar-refractivity contribution < 1.29 is 9.90 Å². The van der Waals surface area contributed by atoms with E-state index >= 15 is 0 Å². The number of hydrogen-bond donors (Lipinski definition) is 2. The van der Waals surface area contributed by atoms with Gasteiger partial charge in [0, 0.05) is 19.5 Å². The molecule has 1 unspecified atom stereocenters. The van der Waals surface area contributed by atoms with E-state index in [1.54, 1.807) is 0 Å². The monoisotopic (exact) mass is 304 g/mol. The average Bonchev–Trinajstić information content (AvgIpc) is 2.46. The molecule has 1 amide bonds. The summed E-state index contributed by atoms with van der Waals surface area (Å²) in [5.41, 5.74) is 0. The molecule has 0 spiro atoms. The lowest BCUT2D eigenvalue weighted by Crippen LogP contribution is -2.41. The van der Waals surface area contributed by atoms with Crippen molar-refractivity contribution in [1.82, 2.24) is 10.2 Å². The van der Waals surface area contributed by atoms with E-state index in [2.05, 4.69) is 5.32 Å². The number of nitrogens with one attached hydrogen (secondary N) is 1. The van der Waals surface area contributed by atoms with E-state index in [4.69, 9.17) is 0 Å². The van der Waals surface area contributed by atoms with Crippen LogP contribution in [-0.2, 0) is 4.79 Å². The molecule has 2 fully saturated rings. The molecule has 0 bridgehead atoms. The zero-order valence-electron chi connectivity index (χ0n) is 12.5. The van der Waals surface area contributed by atoms with Gasteiger partial charge in [-0.2, -0.15) is 0 Å². The fourth-order valence-corrected chi connectivity index (χ4v) is 3.29. The van der Waals surface area contributed by atoms with Crippen LogP contribution in [0.4, 0.5) is 0 Å². The van der Waals surface area contributed by atoms with Crippen molar-refractivity contribution in [2.75, 3.05) is 26.2 Å². The fourth-order valence-electron chi connectivity index (χ4n) is 3.29. The van der Waals surface area contributed by atoms with E-state index in [1.807, 2.05) is 11.8 Å². The van der Waals surface area contributed by atoms with Gasteiger partial charge in [0.25, 0.3) is 0 Å². The summed E-state index contributed by atoms with van der Waals surface area (Å²) in [6.45, 7) is 5.75. The Bertz CT molecular complexity index is 286. The molecule has 0 radical (unpaired) electrons. The number of aliphatic hydroxyl groups excluding tert-OH is 1. The van der Waals surface area contributed by atoms with E-state index in [-0.39, 0.29) is 18.5 Å². The van der Waals surface area contributed by atoms with Gasteiger partial charge in [-0.3, -0.25) is 4.79 Å². The normalized spacial score (nSPS) is 23.2. The first-order valence-electron chi connectivity index (χ1n) is 7.83. The van der Waals surface area contributed by atoms with Gasteiger partial charge in [-0.05, 0) is 64.0 Å². The van der Waals surface area contributed by atoms with Gasteiger partial charge in [0.1, 0.15) is 0 Å². The Morgan fingerprint density at radius 1 is 1.25 bits per heavy atom. The molecule has 2 saturated heterocycles. The quantitative estimate of drug-likeness (QED) is 0.833. The first-order valence-corrected chi connectivity index (χ1v) is 7.83. The maximum absolute atomic E-state index is 12.2. The maximum Gasteiger partial charge on any atom is 0.222 e. The second-order valence-electron chi connectivity index (χ2n) is 6.19. The van der Waals surface area contributed by atoms with E-state index in [9.17, 15) is 9.90 Å². The van der Waals surface area contributed by atoms with Crippen LogP contribution in [0.5, 0.6) is 0 Å². The number of piperidine rings is 2. The summed E-state index contributed by atoms with van der Waals surface area (Å²) in [4.78, 5) is 14.2. The van der Waals surface area contributed by atoms with Crippen LogP contribution >= 0.6 is 12.4 Å². The summed E-state index contributed by atoms with van der Waals surface area (Å²) in [5, 5.41) is 12.9. The Hall–Kier alpha value is -0.320. The molecular weight excluding hydrogens is 276 g/mol. The molecule has 2 aliphatic heterocycles. The molecule has 0 aromatic heterocycles. The lowest BCUT2D eigenvalue weighted by Gasteiger charge is -2.33. The summed E-state index contributed by atoms with van der Waals surface area (Å²) in [6.07, 6.45) is 5.88. The van der Waals surface area contributed by atoms with Crippen molar-refractivity contribution in [1.29, 1.82) is 0 Å². The van der Waals surface area contributed by atoms with E-state index in [1.165, 1.54) is 12.8 Å². The molecule has 2 aliphatic rings. The molecule has 2 rings (SSSR count). The first-order chi connectivity index (χ1) is 9.16. The van der Waals surface area contributed by atoms with Gasteiger partial charge in [-0.1, -0.05) is 0 Å². The standard InChI is InChI=1S/C15H28N2O2.ClH/c1-12(18)14-6-10-17(11-7-14)15(19)3-2-13-4-8-16-9-5-13;/h12-14,16,18H,2-11H2,1H3;1H. The zero-order valence-corrected chi connectivity index (χ0v) is 13.3. The SMILES string of the molecule is CC(O)C1CCN(C(=O)CCC2CCNCC2)CC1.Cl. The Balaban J connectivity index is 0.00000200. The van der Waals surface area contributed by atoms with Crippen molar-refractivity contribution in [3.8, 4) is 0 Å². The fraction of sp³-hybridized carbons (Fsp3) is 0.933. The topological polar surface area (TPSA) is 52.6 Å². The molecular formula is C15H29ClN2O2. The Morgan fingerprint density at radius 2 is 1.85 bits per heavy atom. The van der Waals surface area contributed by atoms with Crippen molar-refractivity contribution >= 4 is 18.3 Å². The molecule has 0 aliphatic carbocycles. The Morgan fingerprint density at radius 3 is 2.40 bits per heavy atom. The van der Waals surface area contributed by atoms with Gasteiger partial charge in [-0.15, -0.1) is 12.4 Å². The summed E-state index contributed by atoms with van der Waals surface area (Å²) in [5.74, 6) is 1.44. The van der Waals surface area contributed by atoms with Crippen LogP contribution in [0.2, 0.25) is 0 Å². The van der Waals surface area contributed by atoms with Crippen LogP contribution in [0.25, 0.3) is 0 Å². The van der Waals surface area contributed by atoms with Gasteiger partial charge in [0.05, 0.1) is 6.10 Å². The zero-order chi connectivity index (χ0) is 13.7. The average molecular weight is 305 g/mol. The molecule has 1 atom stereocenters. The highest BCUT2D eigenvalue weighted by Crippen LogP contribution is 2.23. The van der Waals surface area contributed by atoms with Gasteiger partial charge in [0.2, 0.25) is 5.91 Å². The molecule has 5 heteroatoms. The third-order valence-corrected chi connectivity index (χ3v) is 4.80. The number of nitrogens with zero attached hydrogens (tertiary/aromatic N) is 1. The minimum atomic E-state index is -0.230. The largest absolute Gasteiger partial charge is 0.393 e. The molecule has 118 valence electrons. The lowest BCUT2D eigenvalue weighted by molar-refractivity contribution is -0.133. The van der Waals surface area contributed by atoms with Gasteiger partial charge in [0.15, 0.2) is 0 Å². The number of likely N-dealkylation sites (tertiary alicyclic amines) is 1. The third kappa shape index (κ3) is 5.23. The minimum absolute atomic E-state index is 0. The Labute approximate surface area is 128 Å². The van der Waals surface area contributed by atoms with Crippen molar-refractivity contribution in [2.24, 2.45) is 11.8 Å². The molecule has 4 nitrogen and oxygen atoms in total. The van der Waals surface area contributed by atoms with Crippen LogP contribution < -0.4 is 5.32 Å². The Kier molecular flexibility index (Phi) is 7.85. The number of amides is 1. The maximum atomic E-state index is 12.2. The molecule has 2 heterocycles. The van der Waals surface area contributed by atoms with Crippen molar-refractivity contribution in [3.63, 3.8) is 0 Å². The second-order valence-corrected chi connectivity index (χ2v) is 6.19. The van der Waals surface area contributed by atoms with E-state index < -0.39 is 0 Å². The molecule has 0 saturated carbocycles. The van der Waals surface area contributed by atoms with Gasteiger partial charge < -0.3 is 15.3 Å². The predicted molar refractivity (Wildman–Crippen MR) is 83.1 cm³/mol. The number of hydrogen-bond acceptors (Lipinski definition) is 3. The smallest absolute Gasteiger partial charge is 0.222 e. The van der Waals surface area contributed by atoms with Gasteiger partial charge in [-0.25, -0.2) is 0 Å². The van der Waals surface area contributed by atoms with Crippen molar-refractivity contribution in [2.45, 2.75) is 51.6 Å². The van der Waals surface area contributed by atoms with Crippen LogP contribution in [-0.4, -0.2) is 48.2 Å². The molecule has 0 aromatic rings. The molecule has 2 N–H and O–H groups in total. The second kappa shape index (κ2) is 8.85. The molecule has 20 heavy (non-hydrogen) atoms. The van der Waals surface area contributed by atoms with E-state index in [0.29, 0.717) is 18.2 Å². The van der Waals surface area contributed by atoms with E-state index in [0.717, 1.165) is 51.4 Å². The lowest BCUT2D eigenvalue weighted by atomic mass is 9.91. The number of aliphatic hydroxyl groups is 1. The summed E-state index contributed by atoms with van der Waals surface area (Å²) >= 11 is 0. The van der Waals surface area contributed by atoms with Crippen LogP contribution in [0.3, 0.4) is 0 Å². The third-order valence-electron chi connectivity index (χ3n) is 4.80. The highest BCUT2D eigenvalue weighted by Gasteiger charge is 2.25. The highest BCUT2D eigenvalue weighted by atomic mass is 35.5. The van der Waals surface area contributed by atoms with Gasteiger partial charge >= 0.3 is 0 Å². The number of halogens is 1. The van der Waals surface area contributed by atoms with Crippen molar-refractivity contribution in [3.05, 3.63) is 0 Å².